The molecule has 22 heavy (non-hydrogen) atoms. The number of ether oxygens (including phenoxy) is 2. The molecule has 0 amide bonds. The van der Waals surface area contributed by atoms with E-state index < -0.39 is 0 Å². The molecule has 116 valence electrons. The summed E-state index contributed by atoms with van der Waals surface area (Å²) in [7, 11) is 2.96. The quantitative estimate of drug-likeness (QED) is 0.818. The second kappa shape index (κ2) is 6.85. The zero-order valence-corrected chi connectivity index (χ0v) is 12.4. The van der Waals surface area contributed by atoms with E-state index in [0.29, 0.717) is 23.5 Å². The second-order valence-electron chi connectivity index (χ2n) is 4.84. The number of rotatable bonds is 5. The Bertz CT molecular complexity index is 655. The van der Waals surface area contributed by atoms with E-state index in [1.807, 2.05) is 0 Å². The van der Waals surface area contributed by atoms with Gasteiger partial charge in [0.1, 0.15) is 17.3 Å². The number of hydrogen-bond acceptors (Lipinski definition) is 5. The predicted octanol–water partition coefficient (Wildman–Crippen LogP) is 2.98. The van der Waals surface area contributed by atoms with E-state index in [4.69, 9.17) is 9.47 Å². The van der Waals surface area contributed by atoms with Crippen LogP contribution in [0.4, 0.5) is 0 Å². The molecule has 5 heteroatoms. The van der Waals surface area contributed by atoms with Crippen molar-refractivity contribution >= 4 is 11.9 Å². The van der Waals surface area contributed by atoms with E-state index in [0.717, 1.165) is 0 Å². The molecule has 0 radical (unpaired) electrons. The molecule has 2 rings (SSSR count). The smallest absolute Gasteiger partial charge is 0.163 e. The van der Waals surface area contributed by atoms with Crippen molar-refractivity contribution in [2.24, 2.45) is 5.92 Å². The summed E-state index contributed by atoms with van der Waals surface area (Å²) in [6.45, 7) is 0. The fourth-order valence-corrected chi connectivity index (χ4v) is 2.19. The van der Waals surface area contributed by atoms with Gasteiger partial charge in [0.2, 0.25) is 0 Å². The molecule has 5 nitrogen and oxygen atoms in total. The average Bonchev–Trinajstić information content (AvgIpc) is 2.53. The van der Waals surface area contributed by atoms with Crippen molar-refractivity contribution in [1.82, 2.24) is 0 Å². The Labute approximate surface area is 128 Å². The van der Waals surface area contributed by atoms with Gasteiger partial charge in [0.05, 0.1) is 14.2 Å². The van der Waals surface area contributed by atoms with Crippen molar-refractivity contribution < 1.29 is 24.5 Å². The third-order valence-electron chi connectivity index (χ3n) is 3.43. The molecular formula is C17H18O5. The Morgan fingerprint density at radius 1 is 1.27 bits per heavy atom. The normalized spacial score (nSPS) is 17.8. The van der Waals surface area contributed by atoms with Gasteiger partial charge in [-0.05, 0) is 30.4 Å². The minimum absolute atomic E-state index is 0.0516. The third kappa shape index (κ3) is 3.49. The topological polar surface area (TPSA) is 76.0 Å². The summed E-state index contributed by atoms with van der Waals surface area (Å²) in [6, 6.07) is 4.67. The van der Waals surface area contributed by atoms with Crippen molar-refractivity contribution in [2.75, 3.05) is 14.2 Å². The van der Waals surface area contributed by atoms with Crippen LogP contribution in [0.3, 0.4) is 0 Å². The SMILES string of the molecule is COC1=C(O)C=C[C@@H](C(=O)C=Cc2ccc(O)cc2OC)C1. The van der Waals surface area contributed by atoms with Crippen LogP contribution in [0.5, 0.6) is 11.5 Å². The van der Waals surface area contributed by atoms with Gasteiger partial charge in [0.25, 0.3) is 0 Å². The van der Waals surface area contributed by atoms with Crippen LogP contribution in [0.25, 0.3) is 6.08 Å². The number of hydrogen-bond donors (Lipinski definition) is 2. The van der Waals surface area contributed by atoms with Gasteiger partial charge < -0.3 is 19.7 Å². The molecule has 2 N–H and O–H groups in total. The molecule has 1 aromatic rings. The first-order valence-corrected chi connectivity index (χ1v) is 6.78. The number of benzene rings is 1. The molecule has 0 saturated carbocycles. The number of methoxy groups -OCH3 is 2. The Morgan fingerprint density at radius 2 is 2.05 bits per heavy atom. The van der Waals surface area contributed by atoms with Gasteiger partial charge in [-0.25, -0.2) is 0 Å². The van der Waals surface area contributed by atoms with Crippen LogP contribution < -0.4 is 4.74 Å². The van der Waals surface area contributed by atoms with Crippen molar-refractivity contribution in [3.05, 3.63) is 53.5 Å². The number of aliphatic hydroxyl groups is 1. The molecule has 0 heterocycles. The van der Waals surface area contributed by atoms with Crippen LogP contribution in [-0.2, 0) is 9.53 Å². The minimum atomic E-state index is -0.370. The lowest BCUT2D eigenvalue weighted by atomic mass is 9.93. The van der Waals surface area contributed by atoms with Crippen molar-refractivity contribution in [3.8, 4) is 11.5 Å². The minimum Gasteiger partial charge on any atom is -0.508 e. The summed E-state index contributed by atoms with van der Waals surface area (Å²) in [5.74, 6) is 0.560. The maximum Gasteiger partial charge on any atom is 0.163 e. The molecule has 0 unspecified atom stereocenters. The van der Waals surface area contributed by atoms with Gasteiger partial charge in [-0.3, -0.25) is 4.79 Å². The summed E-state index contributed by atoms with van der Waals surface area (Å²) in [5, 5.41) is 19.0. The molecule has 0 aliphatic heterocycles. The summed E-state index contributed by atoms with van der Waals surface area (Å²) < 4.78 is 10.2. The van der Waals surface area contributed by atoms with Crippen LogP contribution in [0, 0.1) is 5.92 Å². The second-order valence-corrected chi connectivity index (χ2v) is 4.84. The first kappa shape index (κ1) is 15.7. The summed E-state index contributed by atoms with van der Waals surface area (Å²) in [6.07, 6.45) is 6.55. The fraction of sp³-hybridized carbons (Fsp3) is 0.235. The van der Waals surface area contributed by atoms with E-state index in [-0.39, 0.29) is 23.2 Å². The van der Waals surface area contributed by atoms with Gasteiger partial charge in [0, 0.05) is 24.0 Å². The van der Waals surface area contributed by atoms with Crippen LogP contribution in [0.15, 0.2) is 47.9 Å². The van der Waals surface area contributed by atoms with Gasteiger partial charge in [-0.2, -0.15) is 0 Å². The highest BCUT2D eigenvalue weighted by atomic mass is 16.5. The zero-order chi connectivity index (χ0) is 16.1. The number of allylic oxidation sites excluding steroid dienone is 4. The monoisotopic (exact) mass is 302 g/mol. The van der Waals surface area contributed by atoms with E-state index in [1.54, 1.807) is 18.2 Å². The van der Waals surface area contributed by atoms with Crippen LogP contribution >= 0.6 is 0 Å². The van der Waals surface area contributed by atoms with Gasteiger partial charge in [-0.15, -0.1) is 0 Å². The van der Waals surface area contributed by atoms with E-state index >= 15 is 0 Å². The highest BCUT2D eigenvalue weighted by Crippen LogP contribution is 2.26. The highest BCUT2D eigenvalue weighted by Gasteiger charge is 2.21. The number of aliphatic hydroxyl groups excluding tert-OH is 1. The number of ketones is 1. The maximum absolute atomic E-state index is 12.2. The molecule has 1 aromatic carbocycles. The molecule has 0 bridgehead atoms. The molecule has 1 aliphatic carbocycles. The lowest BCUT2D eigenvalue weighted by Gasteiger charge is -2.16. The molecule has 0 spiro atoms. The molecule has 1 aliphatic rings. The van der Waals surface area contributed by atoms with Gasteiger partial charge in [-0.1, -0.05) is 6.08 Å². The number of phenolic OH excluding ortho intramolecular Hbond substituents is 1. The highest BCUT2D eigenvalue weighted by molar-refractivity contribution is 5.97. The van der Waals surface area contributed by atoms with E-state index in [2.05, 4.69) is 0 Å². The molecule has 0 aromatic heterocycles. The molecule has 0 fully saturated rings. The van der Waals surface area contributed by atoms with Gasteiger partial charge in [0.15, 0.2) is 11.5 Å². The Hall–Kier alpha value is -2.69. The Balaban J connectivity index is 2.12. The number of carbonyl (C=O) groups is 1. The number of aromatic hydroxyl groups is 1. The first-order chi connectivity index (χ1) is 10.5. The largest absolute Gasteiger partial charge is 0.508 e. The van der Waals surface area contributed by atoms with E-state index in [1.165, 1.54) is 38.5 Å². The zero-order valence-electron chi connectivity index (χ0n) is 12.4. The first-order valence-electron chi connectivity index (χ1n) is 6.78. The van der Waals surface area contributed by atoms with Crippen LogP contribution in [0.1, 0.15) is 12.0 Å². The predicted molar refractivity (Wildman–Crippen MR) is 82.6 cm³/mol. The third-order valence-corrected chi connectivity index (χ3v) is 3.43. The maximum atomic E-state index is 12.2. The lowest BCUT2D eigenvalue weighted by Crippen LogP contribution is -2.15. The Morgan fingerprint density at radius 3 is 2.73 bits per heavy atom. The molecular weight excluding hydrogens is 284 g/mol. The van der Waals surface area contributed by atoms with Crippen molar-refractivity contribution in [2.45, 2.75) is 6.42 Å². The van der Waals surface area contributed by atoms with Crippen molar-refractivity contribution in [3.63, 3.8) is 0 Å². The van der Waals surface area contributed by atoms with E-state index in [9.17, 15) is 15.0 Å². The standard InChI is InChI=1S/C17H18O5/c1-21-16-10-13(18)6-3-11(16)4-7-14(19)12-5-8-15(20)17(9-12)22-2/h3-8,10,12,18,20H,9H2,1-2H3/t12-/m1/s1. The summed E-state index contributed by atoms with van der Waals surface area (Å²) in [5.41, 5.74) is 0.693. The molecule has 0 saturated heterocycles. The summed E-state index contributed by atoms with van der Waals surface area (Å²) in [4.78, 5) is 12.2. The van der Waals surface area contributed by atoms with Crippen LogP contribution in [0.2, 0.25) is 0 Å². The number of phenols is 1. The average molecular weight is 302 g/mol. The fourth-order valence-electron chi connectivity index (χ4n) is 2.19. The number of carbonyl (C=O) groups excluding carboxylic acids is 1. The Kier molecular flexibility index (Phi) is 4.88. The lowest BCUT2D eigenvalue weighted by molar-refractivity contribution is -0.117. The van der Waals surface area contributed by atoms with Gasteiger partial charge >= 0.3 is 0 Å². The molecule has 1 atom stereocenters. The van der Waals surface area contributed by atoms with Crippen LogP contribution in [-0.4, -0.2) is 30.2 Å². The van der Waals surface area contributed by atoms with Crippen molar-refractivity contribution in [1.29, 1.82) is 0 Å². The summed E-state index contributed by atoms with van der Waals surface area (Å²) >= 11 is 0.